The van der Waals surface area contributed by atoms with E-state index in [0.717, 1.165) is 23.6 Å². The summed E-state index contributed by atoms with van der Waals surface area (Å²) in [7, 11) is 0. The third-order valence-electron chi connectivity index (χ3n) is 3.05. The molecule has 0 saturated heterocycles. The molecule has 2 heterocycles. The van der Waals surface area contributed by atoms with Crippen LogP contribution < -0.4 is 5.73 Å². The second-order valence-corrected chi connectivity index (χ2v) is 5.25. The van der Waals surface area contributed by atoms with Gasteiger partial charge >= 0.3 is 0 Å². The van der Waals surface area contributed by atoms with Gasteiger partial charge in [-0.1, -0.05) is 18.2 Å². The molecule has 0 aliphatic rings. The predicted octanol–water partition coefficient (Wildman–Crippen LogP) is 3.10. The Kier molecular flexibility index (Phi) is 2.89. The fourth-order valence-electron chi connectivity index (χ4n) is 2.20. The number of rotatable bonds is 3. The zero-order valence-electron chi connectivity index (χ0n) is 10.2. The van der Waals surface area contributed by atoms with Gasteiger partial charge in [-0.15, -0.1) is 11.3 Å². The summed E-state index contributed by atoms with van der Waals surface area (Å²) in [5, 5.41) is 3.46. The van der Waals surface area contributed by atoms with Crippen LogP contribution in [0.25, 0.3) is 21.3 Å². The van der Waals surface area contributed by atoms with Crippen molar-refractivity contribution in [3.8, 4) is 11.3 Å². The lowest BCUT2D eigenvalue weighted by atomic mass is 10.1. The smallest absolute Gasteiger partial charge is 0.108 e. The molecule has 3 N–H and O–H groups in total. The molecular formula is C14H15N3S. The number of hydrogen-bond donors (Lipinski definition) is 2. The van der Waals surface area contributed by atoms with E-state index in [-0.39, 0.29) is 0 Å². The van der Waals surface area contributed by atoms with Gasteiger partial charge in [-0.3, -0.25) is 0 Å². The Morgan fingerprint density at radius 2 is 2.17 bits per heavy atom. The maximum absolute atomic E-state index is 5.57. The van der Waals surface area contributed by atoms with E-state index in [2.05, 4.69) is 46.5 Å². The van der Waals surface area contributed by atoms with Crippen molar-refractivity contribution in [2.24, 2.45) is 5.73 Å². The van der Waals surface area contributed by atoms with Crippen molar-refractivity contribution in [2.45, 2.75) is 13.3 Å². The first kappa shape index (κ1) is 11.4. The van der Waals surface area contributed by atoms with Crippen LogP contribution in [-0.4, -0.2) is 16.5 Å². The monoisotopic (exact) mass is 257 g/mol. The number of nitrogens with zero attached hydrogens (tertiary/aromatic N) is 1. The molecule has 0 atom stereocenters. The van der Waals surface area contributed by atoms with Crippen LogP contribution in [0.4, 0.5) is 0 Å². The third-order valence-corrected chi connectivity index (χ3v) is 4.01. The van der Waals surface area contributed by atoms with Crippen molar-refractivity contribution >= 4 is 21.4 Å². The number of benzene rings is 1. The summed E-state index contributed by atoms with van der Waals surface area (Å²) in [6.07, 6.45) is 0.795. The van der Waals surface area contributed by atoms with Gasteiger partial charge in [-0.25, -0.2) is 4.98 Å². The van der Waals surface area contributed by atoms with E-state index in [1.54, 1.807) is 11.3 Å². The van der Waals surface area contributed by atoms with Gasteiger partial charge in [0.1, 0.15) is 5.82 Å². The minimum atomic E-state index is 0.622. The molecule has 0 saturated carbocycles. The summed E-state index contributed by atoms with van der Waals surface area (Å²) in [6, 6.07) is 8.44. The molecule has 18 heavy (non-hydrogen) atoms. The van der Waals surface area contributed by atoms with Gasteiger partial charge in [-0.05, 0) is 19.5 Å². The van der Waals surface area contributed by atoms with Crippen LogP contribution in [-0.2, 0) is 6.42 Å². The number of aryl methyl sites for hydroxylation is 1. The fourth-order valence-corrected chi connectivity index (χ4v) is 3.15. The SMILES string of the molecule is Cc1[nH]c(CCN)nc1-c1csc2ccccc12. The van der Waals surface area contributed by atoms with Gasteiger partial charge in [0.15, 0.2) is 0 Å². The van der Waals surface area contributed by atoms with Crippen molar-refractivity contribution in [3.05, 3.63) is 41.2 Å². The average Bonchev–Trinajstić information content (AvgIpc) is 2.93. The van der Waals surface area contributed by atoms with Gasteiger partial charge in [0, 0.05) is 33.1 Å². The maximum atomic E-state index is 5.57. The molecule has 4 heteroatoms. The number of nitrogens with two attached hydrogens (primary N) is 1. The topological polar surface area (TPSA) is 54.7 Å². The number of fused-ring (bicyclic) bond motifs is 1. The highest BCUT2D eigenvalue weighted by Crippen LogP contribution is 2.34. The zero-order valence-corrected chi connectivity index (χ0v) is 11.1. The number of H-pyrrole nitrogens is 1. The second-order valence-electron chi connectivity index (χ2n) is 4.34. The molecule has 0 radical (unpaired) electrons. The first-order valence-electron chi connectivity index (χ1n) is 6.01. The first-order chi connectivity index (χ1) is 8.79. The van der Waals surface area contributed by atoms with E-state index in [0.29, 0.717) is 6.54 Å². The fraction of sp³-hybridized carbons (Fsp3) is 0.214. The lowest BCUT2D eigenvalue weighted by Gasteiger charge is -1.96. The van der Waals surface area contributed by atoms with Gasteiger partial charge < -0.3 is 10.7 Å². The van der Waals surface area contributed by atoms with E-state index >= 15 is 0 Å². The number of hydrogen-bond acceptors (Lipinski definition) is 3. The number of thiophene rings is 1. The normalized spacial score (nSPS) is 11.2. The van der Waals surface area contributed by atoms with Crippen molar-refractivity contribution in [3.63, 3.8) is 0 Å². The largest absolute Gasteiger partial charge is 0.346 e. The lowest BCUT2D eigenvalue weighted by Crippen LogP contribution is -2.03. The molecule has 0 aliphatic carbocycles. The molecular weight excluding hydrogens is 242 g/mol. The van der Waals surface area contributed by atoms with Crippen LogP contribution in [0.15, 0.2) is 29.6 Å². The van der Waals surface area contributed by atoms with Crippen LogP contribution in [0.1, 0.15) is 11.5 Å². The van der Waals surface area contributed by atoms with Crippen molar-refractivity contribution < 1.29 is 0 Å². The van der Waals surface area contributed by atoms with E-state index in [1.807, 2.05) is 0 Å². The molecule has 3 aromatic rings. The van der Waals surface area contributed by atoms with E-state index in [4.69, 9.17) is 5.73 Å². The molecule has 0 bridgehead atoms. The third kappa shape index (κ3) is 1.83. The maximum Gasteiger partial charge on any atom is 0.108 e. The Morgan fingerprint density at radius 1 is 1.33 bits per heavy atom. The van der Waals surface area contributed by atoms with Gasteiger partial charge in [0.25, 0.3) is 0 Å². The summed E-state index contributed by atoms with van der Waals surface area (Å²) < 4.78 is 1.30. The number of aromatic nitrogens is 2. The van der Waals surface area contributed by atoms with Crippen LogP contribution in [0.5, 0.6) is 0 Å². The van der Waals surface area contributed by atoms with Crippen LogP contribution >= 0.6 is 11.3 Å². The molecule has 92 valence electrons. The van der Waals surface area contributed by atoms with Crippen LogP contribution in [0.2, 0.25) is 0 Å². The summed E-state index contributed by atoms with van der Waals surface area (Å²) in [5.41, 5.74) is 8.95. The minimum Gasteiger partial charge on any atom is -0.346 e. The van der Waals surface area contributed by atoms with Gasteiger partial charge in [0.05, 0.1) is 5.69 Å². The molecule has 0 amide bonds. The van der Waals surface area contributed by atoms with Gasteiger partial charge in [0.2, 0.25) is 0 Å². The van der Waals surface area contributed by atoms with E-state index < -0.39 is 0 Å². The highest BCUT2D eigenvalue weighted by Gasteiger charge is 2.12. The van der Waals surface area contributed by atoms with Crippen molar-refractivity contribution in [1.29, 1.82) is 0 Å². The molecule has 0 spiro atoms. The summed E-state index contributed by atoms with van der Waals surface area (Å²) in [5.74, 6) is 0.972. The van der Waals surface area contributed by atoms with E-state index in [9.17, 15) is 0 Å². The highest BCUT2D eigenvalue weighted by molar-refractivity contribution is 7.17. The molecule has 1 aromatic carbocycles. The van der Waals surface area contributed by atoms with E-state index in [1.165, 1.54) is 15.6 Å². The van der Waals surface area contributed by atoms with Crippen LogP contribution in [0.3, 0.4) is 0 Å². The Hall–Kier alpha value is -1.65. The quantitative estimate of drug-likeness (QED) is 0.757. The first-order valence-corrected chi connectivity index (χ1v) is 6.89. The zero-order chi connectivity index (χ0) is 12.5. The summed E-state index contributed by atoms with van der Waals surface area (Å²) >= 11 is 1.76. The van der Waals surface area contributed by atoms with Crippen molar-refractivity contribution in [1.82, 2.24) is 9.97 Å². The Bertz CT molecular complexity index is 681. The number of nitrogens with one attached hydrogen (secondary N) is 1. The lowest BCUT2D eigenvalue weighted by molar-refractivity contribution is 0.891. The molecule has 3 nitrogen and oxygen atoms in total. The molecule has 2 aromatic heterocycles. The van der Waals surface area contributed by atoms with Gasteiger partial charge in [-0.2, -0.15) is 0 Å². The number of imidazole rings is 1. The molecule has 0 unspecified atom stereocenters. The molecule has 3 rings (SSSR count). The highest BCUT2D eigenvalue weighted by atomic mass is 32.1. The minimum absolute atomic E-state index is 0.622. The summed E-state index contributed by atoms with van der Waals surface area (Å²) in [6.45, 7) is 2.69. The standard InChI is InChI=1S/C14H15N3S/c1-9-14(17-13(16-9)6-7-15)11-8-18-12-5-3-2-4-10(11)12/h2-5,8H,6-7,15H2,1H3,(H,16,17). The molecule has 0 aliphatic heterocycles. The van der Waals surface area contributed by atoms with Crippen molar-refractivity contribution in [2.75, 3.05) is 6.54 Å². The number of aromatic amines is 1. The Morgan fingerprint density at radius 3 is 3.00 bits per heavy atom. The average molecular weight is 257 g/mol. The summed E-state index contributed by atoms with van der Waals surface area (Å²) in [4.78, 5) is 7.98. The Labute approximate surface area is 110 Å². The van der Waals surface area contributed by atoms with Crippen LogP contribution in [0, 0.1) is 6.92 Å². The second kappa shape index (κ2) is 4.55. The Balaban J connectivity index is 2.14. The predicted molar refractivity (Wildman–Crippen MR) is 76.9 cm³/mol. The molecule has 0 fully saturated rings.